The summed E-state index contributed by atoms with van der Waals surface area (Å²) in [6.07, 6.45) is 3.87. The summed E-state index contributed by atoms with van der Waals surface area (Å²) in [6.45, 7) is 0. The highest BCUT2D eigenvalue weighted by Crippen LogP contribution is 2.36. The topological polar surface area (TPSA) is 68.6 Å². The molecule has 0 saturated carbocycles. The number of hydrogen-bond donors (Lipinski definition) is 1. The fourth-order valence-electron chi connectivity index (χ4n) is 4.03. The van der Waals surface area contributed by atoms with Crippen LogP contribution in [-0.2, 0) is 31.2 Å². The average molecular weight is 559 g/mol. The first-order valence-electron chi connectivity index (χ1n) is 11.6. The Bertz CT molecular complexity index is 1590. The highest BCUT2D eigenvalue weighted by atomic mass is 31.0. The number of fused-ring (bicyclic) bond motifs is 1. The van der Waals surface area contributed by atoms with E-state index < -0.39 is 11.3 Å². The molecule has 0 radical (unpaired) electrons. The summed E-state index contributed by atoms with van der Waals surface area (Å²) in [4.78, 5) is 15.5. The summed E-state index contributed by atoms with van der Waals surface area (Å²) in [5, 5.41) is 0. The average Bonchev–Trinajstić information content (AvgIpc) is 3.48. The van der Waals surface area contributed by atoms with Crippen molar-refractivity contribution in [3.05, 3.63) is 89.6 Å². The van der Waals surface area contributed by atoms with Crippen LogP contribution in [0.1, 0.15) is 22.6 Å². The van der Waals surface area contributed by atoms with Gasteiger partial charge in [-0.25, -0.2) is 9.97 Å². The zero-order valence-electron chi connectivity index (χ0n) is 20.1. The molecule has 0 saturated heterocycles. The van der Waals surface area contributed by atoms with E-state index in [0.717, 1.165) is 28.6 Å². The molecule has 3 aromatic heterocycles. The summed E-state index contributed by atoms with van der Waals surface area (Å²) >= 11 is 0. The summed E-state index contributed by atoms with van der Waals surface area (Å²) in [6, 6.07) is 15.1. The van der Waals surface area contributed by atoms with Gasteiger partial charge in [-0.2, -0.15) is 17.6 Å². The lowest BCUT2D eigenvalue weighted by Crippen LogP contribution is -2.03. The Morgan fingerprint density at radius 3 is 2.32 bits per heavy atom. The number of rotatable bonds is 8. The van der Waals surface area contributed by atoms with Gasteiger partial charge in [0.2, 0.25) is 0 Å². The highest BCUT2D eigenvalue weighted by molar-refractivity contribution is 7.17. The van der Waals surface area contributed by atoms with Crippen LogP contribution in [0.5, 0.6) is 11.5 Å². The molecule has 196 valence electrons. The largest absolute Gasteiger partial charge is 0.457 e. The van der Waals surface area contributed by atoms with Crippen LogP contribution in [0.3, 0.4) is 0 Å². The van der Waals surface area contributed by atoms with Gasteiger partial charge in [0.1, 0.15) is 28.7 Å². The maximum atomic E-state index is 13.5. The van der Waals surface area contributed by atoms with Gasteiger partial charge in [0.25, 0.3) is 11.3 Å². The molecule has 2 atom stereocenters. The second-order valence-electron chi connectivity index (χ2n) is 8.80. The Hall–Kier alpha value is -3.35. The van der Waals surface area contributed by atoms with Crippen LogP contribution in [-0.4, -0.2) is 24.5 Å². The van der Waals surface area contributed by atoms with Gasteiger partial charge in [0.05, 0.1) is 17.2 Å². The standard InChI is InChI=1S/C26H23F4N5OP2/c1-35-21-8-7-17(36-18-10-11-31-20(13-18)24-32-14-22(34-24)26(29,30)38)12-19(21)33-23(35)9-4-15-2-5-16(6-3-15)25(27,28)37/h2-3,5-8,10-14H,4,9,37-38H2,1H3,(H,32,34). The van der Waals surface area contributed by atoms with E-state index in [1.54, 1.807) is 33.5 Å². The molecule has 5 aromatic rings. The third-order valence-corrected chi connectivity index (χ3v) is 6.71. The van der Waals surface area contributed by atoms with Crippen molar-refractivity contribution in [2.75, 3.05) is 0 Å². The molecule has 0 bridgehead atoms. The minimum atomic E-state index is -3.12. The number of H-pyrrole nitrogens is 1. The van der Waals surface area contributed by atoms with Gasteiger partial charge >= 0.3 is 0 Å². The van der Waals surface area contributed by atoms with Gasteiger partial charge in [0.15, 0.2) is 5.82 Å². The van der Waals surface area contributed by atoms with Gasteiger partial charge in [-0.3, -0.25) is 4.98 Å². The molecule has 5 rings (SSSR count). The van der Waals surface area contributed by atoms with Crippen molar-refractivity contribution in [1.29, 1.82) is 0 Å². The zero-order valence-corrected chi connectivity index (χ0v) is 22.4. The number of imidazole rings is 2. The molecule has 2 aromatic carbocycles. The van der Waals surface area contributed by atoms with Gasteiger partial charge in [-0.05, 0) is 30.2 Å². The first-order chi connectivity index (χ1) is 18.0. The van der Waals surface area contributed by atoms with Crippen LogP contribution >= 0.6 is 18.5 Å². The minimum Gasteiger partial charge on any atom is -0.457 e. The predicted molar refractivity (Wildman–Crippen MR) is 144 cm³/mol. The molecule has 0 spiro atoms. The lowest BCUT2D eigenvalue weighted by molar-refractivity contribution is 0.0991. The molecule has 6 nitrogen and oxygen atoms in total. The number of aromatic nitrogens is 5. The Balaban J connectivity index is 1.31. The molecule has 0 aliphatic rings. The fourth-order valence-corrected chi connectivity index (χ4v) is 4.37. The number of halogens is 4. The molecular weight excluding hydrogens is 536 g/mol. The summed E-state index contributed by atoms with van der Waals surface area (Å²) in [5.74, 6) is 2.06. The Labute approximate surface area is 220 Å². The van der Waals surface area contributed by atoms with Crippen LogP contribution in [0.4, 0.5) is 17.6 Å². The fraction of sp³-hybridized carbons (Fsp3) is 0.192. The maximum Gasteiger partial charge on any atom is 0.299 e. The van der Waals surface area contributed by atoms with Crippen LogP contribution in [0.15, 0.2) is 67.0 Å². The lowest BCUT2D eigenvalue weighted by atomic mass is 10.1. The van der Waals surface area contributed by atoms with Crippen molar-refractivity contribution < 1.29 is 22.3 Å². The van der Waals surface area contributed by atoms with E-state index >= 15 is 0 Å². The van der Waals surface area contributed by atoms with E-state index in [1.165, 1.54) is 27.6 Å². The van der Waals surface area contributed by atoms with Crippen molar-refractivity contribution in [2.45, 2.75) is 24.2 Å². The second kappa shape index (κ2) is 10.1. The highest BCUT2D eigenvalue weighted by Gasteiger charge is 2.27. The van der Waals surface area contributed by atoms with E-state index in [1.807, 2.05) is 29.8 Å². The first kappa shape index (κ1) is 26.3. The van der Waals surface area contributed by atoms with Gasteiger partial charge in [-0.1, -0.05) is 42.7 Å². The number of nitrogens with one attached hydrogen (secondary N) is 1. The van der Waals surface area contributed by atoms with Gasteiger partial charge in [0, 0.05) is 37.4 Å². The molecule has 38 heavy (non-hydrogen) atoms. The smallest absolute Gasteiger partial charge is 0.299 e. The van der Waals surface area contributed by atoms with E-state index in [9.17, 15) is 17.6 Å². The first-order valence-corrected chi connectivity index (χ1v) is 12.7. The van der Waals surface area contributed by atoms with Crippen LogP contribution < -0.4 is 4.74 Å². The van der Waals surface area contributed by atoms with E-state index in [-0.39, 0.29) is 17.1 Å². The number of pyridine rings is 1. The molecule has 0 amide bonds. The number of aromatic amines is 1. The van der Waals surface area contributed by atoms with Crippen LogP contribution in [0.2, 0.25) is 0 Å². The Morgan fingerprint density at radius 2 is 1.63 bits per heavy atom. The number of alkyl halides is 4. The number of nitrogens with zero attached hydrogens (tertiary/aromatic N) is 4. The van der Waals surface area contributed by atoms with E-state index in [0.29, 0.717) is 30.0 Å². The predicted octanol–water partition coefficient (Wildman–Crippen LogP) is 6.78. The third kappa shape index (κ3) is 5.71. The molecule has 0 aliphatic heterocycles. The molecule has 0 aliphatic carbocycles. The molecule has 12 heteroatoms. The van der Waals surface area contributed by atoms with Crippen molar-refractivity contribution in [3.8, 4) is 23.0 Å². The molecule has 3 heterocycles. The van der Waals surface area contributed by atoms with Crippen molar-refractivity contribution in [3.63, 3.8) is 0 Å². The van der Waals surface area contributed by atoms with Crippen molar-refractivity contribution in [1.82, 2.24) is 24.5 Å². The Morgan fingerprint density at radius 1 is 0.895 bits per heavy atom. The van der Waals surface area contributed by atoms with Crippen molar-refractivity contribution >= 4 is 29.5 Å². The van der Waals surface area contributed by atoms with E-state index in [2.05, 4.69) is 15.0 Å². The van der Waals surface area contributed by atoms with Crippen LogP contribution in [0, 0.1) is 0 Å². The van der Waals surface area contributed by atoms with Crippen LogP contribution in [0.25, 0.3) is 22.6 Å². The molecular formula is C26H23F4N5OP2. The second-order valence-corrected chi connectivity index (χ2v) is 10.3. The summed E-state index contributed by atoms with van der Waals surface area (Å²) < 4.78 is 61.8. The molecule has 0 fully saturated rings. The van der Waals surface area contributed by atoms with Gasteiger partial charge < -0.3 is 14.3 Å². The molecule has 1 N–H and O–H groups in total. The monoisotopic (exact) mass is 559 g/mol. The normalized spacial score (nSPS) is 12.3. The maximum absolute atomic E-state index is 13.5. The minimum absolute atomic E-state index is 0.0432. The van der Waals surface area contributed by atoms with Crippen molar-refractivity contribution in [2.24, 2.45) is 7.05 Å². The summed E-state index contributed by atoms with van der Waals surface area (Å²) in [5.41, 5.74) is -3.47. The SMILES string of the molecule is Cn1c(CCc2ccc(C(F)(F)P)cc2)nc2cc(Oc3ccnc(-c4ncc(C(F)(F)P)[nH]4)c3)ccc21. The van der Waals surface area contributed by atoms with E-state index in [4.69, 9.17) is 9.72 Å². The molecule has 2 unspecified atom stereocenters. The van der Waals surface area contributed by atoms with Gasteiger partial charge in [-0.15, -0.1) is 0 Å². The number of benzene rings is 2. The Kier molecular flexibility index (Phi) is 6.97. The lowest BCUT2D eigenvalue weighted by Gasteiger charge is -2.10. The number of ether oxygens (including phenoxy) is 1. The summed E-state index contributed by atoms with van der Waals surface area (Å²) in [7, 11) is 4.94. The number of aryl methyl sites for hydroxylation is 3. The number of hydrogen-bond acceptors (Lipinski definition) is 4. The third-order valence-electron chi connectivity index (χ3n) is 6.07. The quantitative estimate of drug-likeness (QED) is 0.168. The zero-order chi connectivity index (χ0) is 27.1.